The highest BCUT2D eigenvalue weighted by Crippen LogP contribution is 2.30. The van der Waals surface area contributed by atoms with E-state index in [1.165, 1.54) is 25.9 Å². The summed E-state index contributed by atoms with van der Waals surface area (Å²) < 4.78 is 5.79. The fraction of sp³-hybridized carbons (Fsp3) is 0.353. The lowest BCUT2D eigenvalue weighted by Gasteiger charge is -2.28. The largest absolute Gasteiger partial charge is 0.439 e. The van der Waals surface area contributed by atoms with Gasteiger partial charge in [-0.15, -0.1) is 11.8 Å². The van der Waals surface area contributed by atoms with E-state index >= 15 is 0 Å². The first-order valence-electron chi connectivity index (χ1n) is 7.35. The maximum Gasteiger partial charge on any atom is 0.220 e. The number of pyridine rings is 1. The molecule has 1 aliphatic heterocycles. The SMILES string of the molecule is CN1CCC(Sc2cccc(Oc3ccccc3)n2)CC1. The molecule has 1 saturated heterocycles. The molecule has 0 bridgehead atoms. The maximum atomic E-state index is 5.79. The summed E-state index contributed by atoms with van der Waals surface area (Å²) >= 11 is 1.87. The summed E-state index contributed by atoms with van der Waals surface area (Å²) in [5.41, 5.74) is 0. The minimum atomic E-state index is 0.666. The van der Waals surface area contributed by atoms with Gasteiger partial charge in [-0.05, 0) is 51.2 Å². The Morgan fingerprint density at radius 3 is 2.57 bits per heavy atom. The number of rotatable bonds is 4. The molecule has 0 unspecified atom stereocenters. The van der Waals surface area contributed by atoms with Gasteiger partial charge in [-0.2, -0.15) is 0 Å². The summed E-state index contributed by atoms with van der Waals surface area (Å²) in [7, 11) is 2.19. The molecule has 0 spiro atoms. The van der Waals surface area contributed by atoms with Gasteiger partial charge in [-0.1, -0.05) is 24.3 Å². The Labute approximate surface area is 130 Å². The zero-order chi connectivity index (χ0) is 14.5. The molecule has 0 amide bonds. The van der Waals surface area contributed by atoms with Gasteiger partial charge in [0.05, 0.1) is 0 Å². The minimum absolute atomic E-state index is 0.666. The van der Waals surface area contributed by atoms with Gasteiger partial charge in [0.25, 0.3) is 0 Å². The number of ether oxygens (including phenoxy) is 1. The normalized spacial score (nSPS) is 16.8. The van der Waals surface area contributed by atoms with Crippen LogP contribution in [-0.2, 0) is 0 Å². The van der Waals surface area contributed by atoms with Crippen molar-refractivity contribution in [2.75, 3.05) is 20.1 Å². The zero-order valence-corrected chi connectivity index (χ0v) is 13.1. The van der Waals surface area contributed by atoms with Gasteiger partial charge < -0.3 is 9.64 Å². The van der Waals surface area contributed by atoms with Gasteiger partial charge in [0.2, 0.25) is 5.88 Å². The van der Waals surface area contributed by atoms with Gasteiger partial charge in [-0.3, -0.25) is 0 Å². The van der Waals surface area contributed by atoms with E-state index in [0.29, 0.717) is 11.1 Å². The van der Waals surface area contributed by atoms with E-state index in [9.17, 15) is 0 Å². The molecule has 2 aromatic rings. The molecule has 110 valence electrons. The summed E-state index contributed by atoms with van der Waals surface area (Å²) in [6, 6.07) is 15.8. The van der Waals surface area contributed by atoms with E-state index in [-0.39, 0.29) is 0 Å². The van der Waals surface area contributed by atoms with Crippen LogP contribution in [0.5, 0.6) is 11.6 Å². The standard InChI is InChI=1S/C17H20N2OS/c1-19-12-10-15(11-13-19)21-17-9-5-8-16(18-17)20-14-6-3-2-4-7-14/h2-9,15H,10-13H2,1H3. The average Bonchev–Trinajstić information content (AvgIpc) is 2.51. The molecule has 0 radical (unpaired) electrons. The lowest BCUT2D eigenvalue weighted by atomic mass is 10.1. The lowest BCUT2D eigenvalue weighted by molar-refractivity contribution is 0.282. The van der Waals surface area contributed by atoms with E-state index in [2.05, 4.69) is 23.0 Å². The van der Waals surface area contributed by atoms with Crippen LogP contribution < -0.4 is 4.74 Å². The summed E-state index contributed by atoms with van der Waals surface area (Å²) in [6.45, 7) is 2.36. The quantitative estimate of drug-likeness (QED) is 0.850. The van der Waals surface area contributed by atoms with Crippen LogP contribution in [-0.4, -0.2) is 35.3 Å². The lowest BCUT2D eigenvalue weighted by Crippen LogP contribution is -2.31. The fourth-order valence-electron chi connectivity index (χ4n) is 2.40. The van der Waals surface area contributed by atoms with Crippen molar-refractivity contribution in [1.29, 1.82) is 0 Å². The molecule has 3 rings (SSSR count). The van der Waals surface area contributed by atoms with Crippen molar-refractivity contribution in [2.45, 2.75) is 23.1 Å². The molecule has 21 heavy (non-hydrogen) atoms. The van der Waals surface area contributed by atoms with Crippen LogP contribution in [0.3, 0.4) is 0 Å². The van der Waals surface area contributed by atoms with Gasteiger partial charge in [0.15, 0.2) is 0 Å². The van der Waals surface area contributed by atoms with Crippen LogP contribution in [0.15, 0.2) is 53.6 Å². The van der Waals surface area contributed by atoms with Crippen molar-refractivity contribution >= 4 is 11.8 Å². The maximum absolute atomic E-state index is 5.79. The number of nitrogens with zero attached hydrogens (tertiary/aromatic N) is 2. The Morgan fingerprint density at radius 1 is 1.05 bits per heavy atom. The first kappa shape index (κ1) is 14.4. The molecule has 1 fully saturated rings. The van der Waals surface area contributed by atoms with Crippen molar-refractivity contribution < 1.29 is 4.74 Å². The van der Waals surface area contributed by atoms with Crippen molar-refractivity contribution in [3.05, 3.63) is 48.5 Å². The number of benzene rings is 1. The molecule has 0 atom stereocenters. The molecule has 0 N–H and O–H groups in total. The number of likely N-dealkylation sites (tertiary alicyclic amines) is 1. The molecule has 2 heterocycles. The molecule has 1 aromatic carbocycles. The summed E-state index contributed by atoms with van der Waals surface area (Å²) in [5, 5.41) is 1.72. The Kier molecular flexibility index (Phi) is 4.78. The highest BCUT2D eigenvalue weighted by Gasteiger charge is 2.18. The van der Waals surface area contributed by atoms with Gasteiger partial charge >= 0.3 is 0 Å². The molecule has 4 heteroatoms. The fourth-order valence-corrected chi connectivity index (χ4v) is 3.49. The first-order valence-corrected chi connectivity index (χ1v) is 8.23. The topological polar surface area (TPSA) is 25.4 Å². The van der Waals surface area contributed by atoms with Crippen LogP contribution in [0.4, 0.5) is 0 Å². The first-order chi connectivity index (χ1) is 10.3. The number of para-hydroxylation sites is 1. The van der Waals surface area contributed by atoms with E-state index in [4.69, 9.17) is 4.74 Å². The Bertz CT molecular complexity index is 568. The van der Waals surface area contributed by atoms with Crippen LogP contribution in [0, 0.1) is 0 Å². The molecular weight excluding hydrogens is 280 g/mol. The van der Waals surface area contributed by atoms with Gasteiger partial charge in [-0.25, -0.2) is 4.98 Å². The average molecular weight is 300 g/mol. The highest BCUT2D eigenvalue weighted by atomic mass is 32.2. The molecule has 1 aromatic heterocycles. The van der Waals surface area contributed by atoms with Crippen molar-refractivity contribution in [3.8, 4) is 11.6 Å². The second-order valence-corrected chi connectivity index (χ2v) is 6.67. The van der Waals surface area contributed by atoms with Crippen molar-refractivity contribution in [3.63, 3.8) is 0 Å². The third-order valence-electron chi connectivity index (χ3n) is 3.62. The van der Waals surface area contributed by atoms with E-state index < -0.39 is 0 Å². The smallest absolute Gasteiger partial charge is 0.220 e. The van der Waals surface area contributed by atoms with E-state index in [1.807, 2.05) is 54.2 Å². The van der Waals surface area contributed by atoms with Crippen LogP contribution in [0.2, 0.25) is 0 Å². The molecule has 0 aliphatic carbocycles. The van der Waals surface area contributed by atoms with Crippen LogP contribution >= 0.6 is 11.8 Å². The number of hydrogen-bond donors (Lipinski definition) is 0. The van der Waals surface area contributed by atoms with E-state index in [0.717, 1.165) is 10.8 Å². The Hall–Kier alpha value is -1.52. The Morgan fingerprint density at radius 2 is 1.81 bits per heavy atom. The predicted molar refractivity (Wildman–Crippen MR) is 87.1 cm³/mol. The third kappa shape index (κ3) is 4.22. The highest BCUT2D eigenvalue weighted by molar-refractivity contribution is 7.99. The van der Waals surface area contributed by atoms with Crippen molar-refractivity contribution in [1.82, 2.24) is 9.88 Å². The Balaban J connectivity index is 1.63. The number of piperidine rings is 1. The summed E-state index contributed by atoms with van der Waals surface area (Å²) in [4.78, 5) is 7.00. The summed E-state index contributed by atoms with van der Waals surface area (Å²) in [5.74, 6) is 1.49. The second kappa shape index (κ2) is 6.96. The molecular formula is C17H20N2OS. The monoisotopic (exact) mass is 300 g/mol. The third-order valence-corrected chi connectivity index (χ3v) is 4.89. The number of hydrogen-bond acceptors (Lipinski definition) is 4. The second-order valence-electron chi connectivity index (χ2n) is 5.35. The molecule has 0 saturated carbocycles. The summed E-state index contributed by atoms with van der Waals surface area (Å²) in [6.07, 6.45) is 2.46. The van der Waals surface area contributed by atoms with Gasteiger partial charge in [0.1, 0.15) is 10.8 Å². The van der Waals surface area contributed by atoms with Crippen LogP contribution in [0.1, 0.15) is 12.8 Å². The molecule has 3 nitrogen and oxygen atoms in total. The van der Waals surface area contributed by atoms with Gasteiger partial charge in [0, 0.05) is 11.3 Å². The zero-order valence-electron chi connectivity index (χ0n) is 12.2. The van der Waals surface area contributed by atoms with E-state index in [1.54, 1.807) is 0 Å². The molecule has 1 aliphatic rings. The number of thioether (sulfide) groups is 1. The van der Waals surface area contributed by atoms with Crippen LogP contribution in [0.25, 0.3) is 0 Å². The minimum Gasteiger partial charge on any atom is -0.439 e. The number of aromatic nitrogens is 1. The van der Waals surface area contributed by atoms with Crippen molar-refractivity contribution in [2.24, 2.45) is 0 Å². The predicted octanol–water partition coefficient (Wildman–Crippen LogP) is 4.06.